The Morgan fingerprint density at radius 1 is 1.18 bits per heavy atom. The molecule has 0 aliphatic carbocycles. The van der Waals surface area contributed by atoms with E-state index in [1.807, 2.05) is 17.9 Å². The quantitative estimate of drug-likeness (QED) is 0.845. The third-order valence-corrected chi connectivity index (χ3v) is 4.24. The predicted molar refractivity (Wildman–Crippen MR) is 96.7 cm³/mol. The minimum atomic E-state index is -4.74. The Hall–Kier alpha value is -2.94. The summed E-state index contributed by atoms with van der Waals surface area (Å²) in [5, 5.41) is 9.74. The van der Waals surface area contributed by atoms with Crippen LogP contribution in [0.15, 0.2) is 53.9 Å². The van der Waals surface area contributed by atoms with Crippen molar-refractivity contribution in [2.45, 2.75) is 32.3 Å². The molecular weight excluding hydrogens is 373 g/mol. The lowest BCUT2D eigenvalue weighted by Gasteiger charge is -2.38. The van der Waals surface area contributed by atoms with Crippen molar-refractivity contribution in [3.8, 4) is 5.75 Å². The van der Waals surface area contributed by atoms with Crippen molar-refractivity contribution >= 4 is 5.84 Å². The standard InChI is InChI=1S/C19H19F3N4O2/c1-12(11-27)26-17(14-3-5-16(6-4-14)28-19(20,21)22)7-8-23-18(26)15-9-24-13(2)25-10-15/h3-10,12,17,27H,11H2,1-2H3/t12-,17?/m0/s1. The largest absolute Gasteiger partial charge is 0.573 e. The number of ether oxygens (including phenoxy) is 1. The van der Waals surface area contributed by atoms with Gasteiger partial charge in [-0.25, -0.2) is 15.0 Å². The summed E-state index contributed by atoms with van der Waals surface area (Å²) in [5.74, 6) is 0.901. The van der Waals surface area contributed by atoms with Gasteiger partial charge in [0.2, 0.25) is 0 Å². The Kier molecular flexibility index (Phi) is 5.64. The van der Waals surface area contributed by atoms with E-state index in [4.69, 9.17) is 0 Å². The monoisotopic (exact) mass is 392 g/mol. The average molecular weight is 392 g/mol. The Bertz CT molecular complexity index is 864. The molecule has 2 heterocycles. The summed E-state index contributed by atoms with van der Waals surface area (Å²) in [6.45, 7) is 3.47. The molecule has 2 aromatic rings. The lowest BCUT2D eigenvalue weighted by molar-refractivity contribution is -0.274. The van der Waals surface area contributed by atoms with Gasteiger partial charge >= 0.3 is 6.36 Å². The van der Waals surface area contributed by atoms with E-state index < -0.39 is 6.36 Å². The average Bonchev–Trinajstić information content (AvgIpc) is 2.67. The van der Waals surface area contributed by atoms with Crippen LogP contribution in [0.1, 0.15) is 29.9 Å². The molecule has 0 fully saturated rings. The van der Waals surface area contributed by atoms with Gasteiger partial charge in [0, 0.05) is 18.6 Å². The van der Waals surface area contributed by atoms with Gasteiger partial charge in [-0.3, -0.25) is 0 Å². The number of nitrogens with zero attached hydrogens (tertiary/aromatic N) is 4. The SMILES string of the molecule is Cc1ncc(C2=NC=CC(c3ccc(OC(F)(F)F)cc3)N2[C@@H](C)CO)cn1. The number of benzene rings is 1. The molecule has 3 rings (SSSR count). The second-order valence-electron chi connectivity index (χ2n) is 6.31. The Morgan fingerprint density at radius 3 is 2.39 bits per heavy atom. The van der Waals surface area contributed by atoms with Crippen LogP contribution >= 0.6 is 0 Å². The van der Waals surface area contributed by atoms with E-state index in [0.717, 1.165) is 5.56 Å². The number of aliphatic hydroxyl groups excluding tert-OH is 1. The van der Waals surface area contributed by atoms with Crippen LogP contribution in [0, 0.1) is 6.92 Å². The van der Waals surface area contributed by atoms with Crippen molar-refractivity contribution in [3.05, 3.63) is 65.9 Å². The maximum Gasteiger partial charge on any atom is 0.573 e. The highest BCUT2D eigenvalue weighted by molar-refractivity contribution is 5.99. The first kappa shape index (κ1) is 19.8. The van der Waals surface area contributed by atoms with Crippen molar-refractivity contribution in [2.75, 3.05) is 6.61 Å². The van der Waals surface area contributed by atoms with E-state index in [1.54, 1.807) is 37.7 Å². The van der Waals surface area contributed by atoms with Gasteiger partial charge in [0.25, 0.3) is 0 Å². The van der Waals surface area contributed by atoms with E-state index in [2.05, 4.69) is 19.7 Å². The van der Waals surface area contributed by atoms with E-state index >= 15 is 0 Å². The molecule has 1 unspecified atom stereocenters. The normalized spacial score (nSPS) is 18.0. The van der Waals surface area contributed by atoms with Crippen LogP contribution in [-0.4, -0.2) is 44.8 Å². The molecule has 0 bridgehead atoms. The summed E-state index contributed by atoms with van der Waals surface area (Å²) in [5.41, 5.74) is 1.41. The molecule has 1 aliphatic rings. The second kappa shape index (κ2) is 7.97. The number of hydrogen-bond acceptors (Lipinski definition) is 6. The zero-order chi connectivity index (χ0) is 20.3. The molecule has 1 aromatic heterocycles. The minimum Gasteiger partial charge on any atom is -0.406 e. The Morgan fingerprint density at radius 2 is 1.82 bits per heavy atom. The summed E-state index contributed by atoms with van der Waals surface area (Å²) in [6, 6.07) is 5.00. The third-order valence-electron chi connectivity index (χ3n) is 4.24. The van der Waals surface area contributed by atoms with Gasteiger partial charge in [0.1, 0.15) is 17.4 Å². The summed E-state index contributed by atoms with van der Waals surface area (Å²) in [7, 11) is 0. The smallest absolute Gasteiger partial charge is 0.406 e. The summed E-state index contributed by atoms with van der Waals surface area (Å²) in [6.07, 6.45) is 1.99. The fraction of sp³-hybridized carbons (Fsp3) is 0.316. The molecule has 0 spiro atoms. The topological polar surface area (TPSA) is 70.8 Å². The number of aryl methyl sites for hydroxylation is 1. The van der Waals surface area contributed by atoms with Gasteiger partial charge in [-0.2, -0.15) is 0 Å². The number of aromatic nitrogens is 2. The molecular formula is C19H19F3N4O2. The van der Waals surface area contributed by atoms with E-state index in [0.29, 0.717) is 17.2 Å². The van der Waals surface area contributed by atoms with Crippen LogP contribution in [0.25, 0.3) is 0 Å². The molecule has 1 aliphatic heterocycles. The van der Waals surface area contributed by atoms with Gasteiger partial charge in [-0.1, -0.05) is 12.1 Å². The van der Waals surface area contributed by atoms with Crippen LogP contribution in [0.5, 0.6) is 5.75 Å². The molecule has 0 saturated heterocycles. The van der Waals surface area contributed by atoms with Gasteiger partial charge in [0.15, 0.2) is 0 Å². The maximum atomic E-state index is 12.4. The first-order valence-electron chi connectivity index (χ1n) is 8.57. The second-order valence-corrected chi connectivity index (χ2v) is 6.31. The van der Waals surface area contributed by atoms with Crippen molar-refractivity contribution in [3.63, 3.8) is 0 Å². The van der Waals surface area contributed by atoms with E-state index in [1.165, 1.54) is 12.1 Å². The van der Waals surface area contributed by atoms with E-state index in [-0.39, 0.29) is 24.4 Å². The van der Waals surface area contributed by atoms with Crippen LogP contribution < -0.4 is 4.74 Å². The predicted octanol–water partition coefficient (Wildman–Crippen LogP) is 3.38. The minimum absolute atomic E-state index is 0.134. The van der Waals surface area contributed by atoms with Gasteiger partial charge in [-0.05, 0) is 37.6 Å². The van der Waals surface area contributed by atoms with Gasteiger partial charge in [-0.15, -0.1) is 13.2 Å². The first-order valence-corrected chi connectivity index (χ1v) is 8.57. The number of aliphatic imine (C=N–C) groups is 1. The highest BCUT2D eigenvalue weighted by Gasteiger charge is 2.32. The molecule has 0 amide bonds. The highest BCUT2D eigenvalue weighted by Crippen LogP contribution is 2.31. The van der Waals surface area contributed by atoms with Gasteiger partial charge < -0.3 is 14.7 Å². The van der Waals surface area contributed by atoms with Crippen LogP contribution in [0.4, 0.5) is 13.2 Å². The van der Waals surface area contributed by atoms with Crippen LogP contribution in [0.2, 0.25) is 0 Å². The molecule has 1 aromatic carbocycles. The van der Waals surface area contributed by atoms with Gasteiger partial charge in [0.05, 0.1) is 24.3 Å². The Balaban J connectivity index is 1.93. The third kappa shape index (κ3) is 4.48. The summed E-state index contributed by atoms with van der Waals surface area (Å²) in [4.78, 5) is 14.7. The van der Waals surface area contributed by atoms with E-state index in [9.17, 15) is 18.3 Å². The van der Waals surface area contributed by atoms with Crippen LogP contribution in [0.3, 0.4) is 0 Å². The number of rotatable bonds is 5. The lowest BCUT2D eigenvalue weighted by atomic mass is 10.0. The van der Waals surface area contributed by atoms with Crippen LogP contribution in [-0.2, 0) is 0 Å². The Labute approximate surface area is 160 Å². The van der Waals surface area contributed by atoms with Crippen molar-refractivity contribution < 1.29 is 23.0 Å². The number of halogens is 3. The zero-order valence-electron chi connectivity index (χ0n) is 15.3. The molecule has 0 radical (unpaired) electrons. The molecule has 28 heavy (non-hydrogen) atoms. The lowest BCUT2D eigenvalue weighted by Crippen LogP contribution is -2.44. The fourth-order valence-electron chi connectivity index (χ4n) is 2.93. The summed E-state index contributed by atoms with van der Waals surface area (Å²) >= 11 is 0. The summed E-state index contributed by atoms with van der Waals surface area (Å²) < 4.78 is 41.1. The molecule has 148 valence electrons. The van der Waals surface area contributed by atoms with Crippen molar-refractivity contribution in [1.29, 1.82) is 0 Å². The zero-order valence-corrected chi connectivity index (χ0v) is 15.3. The number of amidine groups is 1. The number of alkyl halides is 3. The fourth-order valence-corrected chi connectivity index (χ4v) is 2.93. The van der Waals surface area contributed by atoms with Crippen molar-refractivity contribution in [1.82, 2.24) is 14.9 Å². The number of hydrogen-bond donors (Lipinski definition) is 1. The number of aliphatic hydroxyl groups is 1. The molecule has 1 N–H and O–H groups in total. The van der Waals surface area contributed by atoms with Crippen molar-refractivity contribution in [2.24, 2.45) is 4.99 Å². The first-order chi connectivity index (χ1) is 13.3. The highest BCUT2D eigenvalue weighted by atomic mass is 19.4. The molecule has 9 heteroatoms. The molecule has 0 saturated carbocycles. The maximum absolute atomic E-state index is 12.4. The molecule has 2 atom stereocenters. The molecule has 6 nitrogen and oxygen atoms in total.